The molecule has 0 aliphatic carbocycles. The van der Waals surface area contributed by atoms with Crippen molar-refractivity contribution >= 4 is 56.1 Å². The SMILES string of the molecule is Cc1nc(-c2ccc(NC(=O)C(C)NC(=O)c3ccc(Br)s3)cc2)cs1. The molecule has 3 rings (SSSR count). The molecule has 0 saturated heterocycles. The molecule has 2 aromatic heterocycles. The van der Waals surface area contributed by atoms with Gasteiger partial charge < -0.3 is 10.6 Å². The van der Waals surface area contributed by atoms with Crippen LogP contribution in [-0.4, -0.2) is 22.8 Å². The summed E-state index contributed by atoms with van der Waals surface area (Å²) in [7, 11) is 0. The Morgan fingerprint density at radius 2 is 1.88 bits per heavy atom. The van der Waals surface area contributed by atoms with Gasteiger partial charge in [-0.3, -0.25) is 9.59 Å². The zero-order valence-electron chi connectivity index (χ0n) is 14.1. The molecule has 1 aromatic carbocycles. The van der Waals surface area contributed by atoms with Crippen molar-refractivity contribution in [2.24, 2.45) is 0 Å². The number of amides is 2. The molecule has 2 amide bonds. The van der Waals surface area contributed by atoms with Gasteiger partial charge in [0, 0.05) is 16.6 Å². The fraction of sp³-hybridized carbons (Fsp3) is 0.167. The number of thiazole rings is 1. The summed E-state index contributed by atoms with van der Waals surface area (Å²) in [5, 5.41) is 8.53. The summed E-state index contributed by atoms with van der Waals surface area (Å²) in [5.41, 5.74) is 2.59. The molecule has 26 heavy (non-hydrogen) atoms. The number of hydrogen-bond donors (Lipinski definition) is 2. The Labute approximate surface area is 167 Å². The number of halogens is 1. The van der Waals surface area contributed by atoms with Crippen molar-refractivity contribution in [1.29, 1.82) is 0 Å². The first-order valence-corrected chi connectivity index (χ1v) is 10.3. The van der Waals surface area contributed by atoms with Gasteiger partial charge in [0.05, 0.1) is 19.4 Å². The fourth-order valence-electron chi connectivity index (χ4n) is 2.24. The number of nitrogens with zero attached hydrogens (tertiary/aromatic N) is 1. The topological polar surface area (TPSA) is 71.1 Å². The van der Waals surface area contributed by atoms with Crippen molar-refractivity contribution in [2.45, 2.75) is 19.9 Å². The molecular weight excluding hydrogens is 434 g/mol. The highest BCUT2D eigenvalue weighted by Crippen LogP contribution is 2.23. The summed E-state index contributed by atoms with van der Waals surface area (Å²) in [6.07, 6.45) is 0. The third-order valence-electron chi connectivity index (χ3n) is 3.61. The molecule has 0 aliphatic heterocycles. The Bertz CT molecular complexity index is 934. The van der Waals surface area contributed by atoms with Crippen LogP contribution in [0.3, 0.4) is 0 Å². The summed E-state index contributed by atoms with van der Waals surface area (Å²) in [6, 6.07) is 10.3. The summed E-state index contributed by atoms with van der Waals surface area (Å²) >= 11 is 6.24. The maximum absolute atomic E-state index is 12.3. The molecular formula is C18H16BrN3O2S2. The quantitative estimate of drug-likeness (QED) is 0.592. The second-order valence-electron chi connectivity index (χ2n) is 5.62. The average Bonchev–Trinajstić information content (AvgIpc) is 3.24. The van der Waals surface area contributed by atoms with Crippen LogP contribution in [0, 0.1) is 6.92 Å². The average molecular weight is 450 g/mol. The smallest absolute Gasteiger partial charge is 0.262 e. The van der Waals surface area contributed by atoms with Gasteiger partial charge in [0.2, 0.25) is 5.91 Å². The fourth-order valence-corrected chi connectivity index (χ4v) is 4.15. The molecule has 0 spiro atoms. The van der Waals surface area contributed by atoms with E-state index >= 15 is 0 Å². The molecule has 3 aromatic rings. The monoisotopic (exact) mass is 449 g/mol. The van der Waals surface area contributed by atoms with E-state index in [2.05, 4.69) is 31.5 Å². The molecule has 1 atom stereocenters. The van der Waals surface area contributed by atoms with Crippen LogP contribution in [0.4, 0.5) is 5.69 Å². The number of aryl methyl sites for hydroxylation is 1. The third-order valence-corrected chi connectivity index (χ3v) is 6.00. The number of nitrogens with one attached hydrogen (secondary N) is 2. The lowest BCUT2D eigenvalue weighted by Gasteiger charge is -2.13. The largest absolute Gasteiger partial charge is 0.340 e. The number of hydrogen-bond acceptors (Lipinski definition) is 5. The van der Waals surface area contributed by atoms with Crippen LogP contribution in [0.5, 0.6) is 0 Å². The van der Waals surface area contributed by atoms with Crippen LogP contribution >= 0.6 is 38.6 Å². The van der Waals surface area contributed by atoms with Crippen LogP contribution in [0.1, 0.15) is 21.6 Å². The molecule has 0 aliphatic rings. The molecule has 2 N–H and O–H groups in total. The van der Waals surface area contributed by atoms with E-state index in [9.17, 15) is 9.59 Å². The second-order valence-corrected chi connectivity index (χ2v) is 9.14. The van der Waals surface area contributed by atoms with E-state index in [-0.39, 0.29) is 11.8 Å². The van der Waals surface area contributed by atoms with E-state index in [1.165, 1.54) is 11.3 Å². The zero-order valence-corrected chi connectivity index (χ0v) is 17.3. The normalized spacial score (nSPS) is 11.8. The molecule has 0 bridgehead atoms. The Morgan fingerprint density at radius 3 is 2.46 bits per heavy atom. The van der Waals surface area contributed by atoms with Crippen molar-refractivity contribution in [3.63, 3.8) is 0 Å². The van der Waals surface area contributed by atoms with Crippen molar-refractivity contribution in [1.82, 2.24) is 10.3 Å². The predicted octanol–water partition coefficient (Wildman–Crippen LogP) is 4.70. The van der Waals surface area contributed by atoms with Crippen LogP contribution in [0.25, 0.3) is 11.3 Å². The van der Waals surface area contributed by atoms with E-state index in [0.29, 0.717) is 10.6 Å². The minimum absolute atomic E-state index is 0.266. The van der Waals surface area contributed by atoms with Crippen molar-refractivity contribution in [3.8, 4) is 11.3 Å². The van der Waals surface area contributed by atoms with Gasteiger partial charge in [0.25, 0.3) is 5.91 Å². The van der Waals surface area contributed by atoms with Gasteiger partial charge in [-0.1, -0.05) is 12.1 Å². The van der Waals surface area contributed by atoms with E-state index in [0.717, 1.165) is 20.1 Å². The van der Waals surface area contributed by atoms with Gasteiger partial charge in [-0.25, -0.2) is 4.98 Å². The first-order chi connectivity index (χ1) is 12.4. The van der Waals surface area contributed by atoms with Crippen molar-refractivity contribution in [3.05, 3.63) is 55.4 Å². The Kier molecular flexibility index (Phi) is 5.85. The lowest BCUT2D eigenvalue weighted by atomic mass is 10.1. The molecule has 5 nitrogen and oxygen atoms in total. The van der Waals surface area contributed by atoms with Crippen molar-refractivity contribution < 1.29 is 9.59 Å². The minimum atomic E-state index is -0.649. The maximum Gasteiger partial charge on any atom is 0.262 e. The number of thiophene rings is 1. The molecule has 2 heterocycles. The molecule has 0 saturated carbocycles. The summed E-state index contributed by atoms with van der Waals surface area (Å²) in [4.78, 5) is 29.4. The molecule has 1 unspecified atom stereocenters. The summed E-state index contributed by atoms with van der Waals surface area (Å²) < 4.78 is 0.871. The highest BCUT2D eigenvalue weighted by molar-refractivity contribution is 9.11. The molecule has 8 heteroatoms. The van der Waals surface area contributed by atoms with Gasteiger partial charge in [0.15, 0.2) is 0 Å². The highest BCUT2D eigenvalue weighted by Gasteiger charge is 2.18. The predicted molar refractivity (Wildman–Crippen MR) is 110 cm³/mol. The second kappa shape index (κ2) is 8.11. The Morgan fingerprint density at radius 1 is 1.15 bits per heavy atom. The summed E-state index contributed by atoms with van der Waals surface area (Å²) in [5.74, 6) is -0.538. The number of aromatic nitrogens is 1. The molecule has 134 valence electrons. The van der Waals surface area contributed by atoms with E-state index < -0.39 is 6.04 Å². The van der Waals surface area contributed by atoms with Crippen LogP contribution in [-0.2, 0) is 4.79 Å². The Hall–Kier alpha value is -2.03. The lowest BCUT2D eigenvalue weighted by Crippen LogP contribution is -2.41. The van der Waals surface area contributed by atoms with E-state index in [1.807, 2.05) is 36.6 Å². The van der Waals surface area contributed by atoms with Crippen LogP contribution < -0.4 is 10.6 Å². The Balaban J connectivity index is 1.59. The lowest BCUT2D eigenvalue weighted by molar-refractivity contribution is -0.117. The number of carbonyl (C=O) groups is 2. The number of benzene rings is 1. The van der Waals surface area contributed by atoms with E-state index in [4.69, 9.17) is 0 Å². The zero-order chi connectivity index (χ0) is 18.7. The van der Waals surface area contributed by atoms with Crippen LogP contribution in [0.2, 0.25) is 0 Å². The standard InChI is InChI=1S/C18H16BrN3O2S2/c1-10(20-18(24)15-7-8-16(19)26-15)17(23)22-13-5-3-12(4-6-13)14-9-25-11(2)21-14/h3-10H,1-2H3,(H,20,24)(H,22,23). The van der Waals surface area contributed by atoms with Gasteiger partial charge in [0.1, 0.15) is 6.04 Å². The first kappa shape index (κ1) is 18.8. The van der Waals surface area contributed by atoms with Gasteiger partial charge in [-0.15, -0.1) is 22.7 Å². The molecule has 0 radical (unpaired) electrons. The third kappa shape index (κ3) is 4.57. The molecule has 0 fully saturated rings. The van der Waals surface area contributed by atoms with Gasteiger partial charge in [-0.05, 0) is 54.0 Å². The van der Waals surface area contributed by atoms with Crippen LogP contribution in [0.15, 0.2) is 45.6 Å². The first-order valence-electron chi connectivity index (χ1n) is 7.82. The number of rotatable bonds is 5. The number of anilines is 1. The van der Waals surface area contributed by atoms with Crippen molar-refractivity contribution in [2.75, 3.05) is 5.32 Å². The maximum atomic E-state index is 12.3. The minimum Gasteiger partial charge on any atom is -0.340 e. The van der Waals surface area contributed by atoms with Gasteiger partial charge >= 0.3 is 0 Å². The summed E-state index contributed by atoms with van der Waals surface area (Å²) in [6.45, 7) is 3.62. The number of carbonyl (C=O) groups excluding carboxylic acids is 2. The van der Waals surface area contributed by atoms with E-state index in [1.54, 1.807) is 30.4 Å². The van der Waals surface area contributed by atoms with Gasteiger partial charge in [-0.2, -0.15) is 0 Å². The highest BCUT2D eigenvalue weighted by atomic mass is 79.9.